The Morgan fingerprint density at radius 1 is 1.03 bits per heavy atom. The lowest BCUT2D eigenvalue weighted by Crippen LogP contribution is -2.34. The van der Waals surface area contributed by atoms with E-state index in [-0.39, 0.29) is 29.8 Å². The van der Waals surface area contributed by atoms with Gasteiger partial charge in [0, 0.05) is 34.9 Å². The van der Waals surface area contributed by atoms with E-state index in [9.17, 15) is 9.32 Å². The van der Waals surface area contributed by atoms with Crippen molar-refractivity contribution in [3.8, 4) is 28.3 Å². The van der Waals surface area contributed by atoms with Crippen LogP contribution in [0.15, 0.2) is 69.9 Å². The number of benzene rings is 2. The lowest BCUT2D eigenvalue weighted by Gasteiger charge is -2.16. The molecule has 2 aromatic heterocycles. The molecule has 6 rings (SSSR count). The summed E-state index contributed by atoms with van der Waals surface area (Å²) in [4.78, 5) is 8.33. The molecular weight excluding hydrogens is 521 g/mol. The van der Waals surface area contributed by atoms with Gasteiger partial charge in [-0.2, -0.15) is 0 Å². The number of H-pyrrole nitrogens is 1. The van der Waals surface area contributed by atoms with Crippen molar-refractivity contribution in [2.24, 2.45) is 4.36 Å². The van der Waals surface area contributed by atoms with Crippen molar-refractivity contribution in [3.05, 3.63) is 66.5 Å². The first-order valence-electron chi connectivity index (χ1n) is 12.9. The fourth-order valence-electron chi connectivity index (χ4n) is 5.23. The highest BCUT2D eigenvalue weighted by Gasteiger charge is 2.48. The number of hydrogen-bond acceptors (Lipinski definition) is 7. The van der Waals surface area contributed by atoms with Crippen LogP contribution in [0.25, 0.3) is 33.4 Å². The van der Waals surface area contributed by atoms with E-state index in [1.54, 1.807) is 13.1 Å². The van der Waals surface area contributed by atoms with Crippen molar-refractivity contribution >= 4 is 20.8 Å². The van der Waals surface area contributed by atoms with Crippen molar-refractivity contribution in [3.63, 3.8) is 0 Å². The van der Waals surface area contributed by atoms with Crippen molar-refractivity contribution < 1.29 is 27.9 Å². The van der Waals surface area contributed by atoms with Gasteiger partial charge in [0.25, 0.3) is 0 Å². The van der Waals surface area contributed by atoms with E-state index < -0.39 is 27.8 Å². The van der Waals surface area contributed by atoms with E-state index in [4.69, 9.17) is 14.2 Å². The third-order valence-electron chi connectivity index (χ3n) is 7.39. The van der Waals surface area contributed by atoms with Crippen LogP contribution >= 0.6 is 0 Å². The van der Waals surface area contributed by atoms with E-state index in [1.807, 2.05) is 62.4 Å². The maximum atomic E-state index is 15.1. The molecule has 0 spiro atoms. The molecule has 4 heterocycles. The number of aromatic amines is 1. The zero-order valence-electron chi connectivity index (χ0n) is 21.8. The van der Waals surface area contributed by atoms with E-state index in [0.29, 0.717) is 34.0 Å². The number of aliphatic hydroxyl groups excluding tert-OH is 1. The summed E-state index contributed by atoms with van der Waals surface area (Å²) >= 11 is 0. The van der Waals surface area contributed by atoms with Crippen LogP contribution in [0.2, 0.25) is 0 Å². The van der Waals surface area contributed by atoms with Gasteiger partial charge in [0.1, 0.15) is 24.0 Å². The van der Waals surface area contributed by atoms with Crippen molar-refractivity contribution in [1.82, 2.24) is 9.97 Å². The van der Waals surface area contributed by atoms with Crippen LogP contribution in [-0.2, 0) is 19.2 Å². The third kappa shape index (κ3) is 4.61. The molecule has 1 unspecified atom stereocenters. The van der Waals surface area contributed by atoms with Gasteiger partial charge < -0.3 is 24.3 Å². The van der Waals surface area contributed by atoms with Gasteiger partial charge in [-0.25, -0.2) is 17.9 Å². The molecule has 8 nitrogen and oxygen atoms in total. The number of pyridine rings is 1. The predicted molar refractivity (Wildman–Crippen MR) is 147 cm³/mol. The summed E-state index contributed by atoms with van der Waals surface area (Å²) in [6, 6.07) is 18.2. The molecule has 5 atom stereocenters. The first-order chi connectivity index (χ1) is 18.8. The number of fused-ring (bicyclic) bond motifs is 2. The zero-order valence-corrected chi connectivity index (χ0v) is 22.7. The molecule has 0 aliphatic carbocycles. The Bertz CT molecular complexity index is 1630. The molecule has 2 aliphatic rings. The Hall–Kier alpha value is -3.31. The highest BCUT2D eigenvalue weighted by molar-refractivity contribution is 7.94. The minimum atomic E-state index is -2.46. The van der Waals surface area contributed by atoms with Gasteiger partial charge in [-0.1, -0.05) is 36.4 Å². The molecule has 4 aromatic rings. The summed E-state index contributed by atoms with van der Waals surface area (Å²) in [5, 5.41) is 9.85. The van der Waals surface area contributed by atoms with Crippen LogP contribution in [0, 0.1) is 5.82 Å². The van der Waals surface area contributed by atoms with Crippen LogP contribution in [0.4, 0.5) is 4.39 Å². The Labute approximate surface area is 226 Å². The number of rotatable bonds is 6. The molecule has 0 saturated carbocycles. The van der Waals surface area contributed by atoms with Crippen LogP contribution in [0.1, 0.15) is 13.8 Å². The summed E-state index contributed by atoms with van der Waals surface area (Å²) in [5.41, 5.74) is 3.88. The summed E-state index contributed by atoms with van der Waals surface area (Å²) in [5.74, 6) is -0.0179. The lowest BCUT2D eigenvalue weighted by molar-refractivity contribution is 0.00794. The second-order valence-electron chi connectivity index (χ2n) is 10.1. The van der Waals surface area contributed by atoms with E-state index in [1.165, 1.54) is 6.07 Å². The molecule has 39 heavy (non-hydrogen) atoms. The first-order valence-corrected chi connectivity index (χ1v) is 14.5. The van der Waals surface area contributed by atoms with Crippen LogP contribution in [0.5, 0.6) is 5.88 Å². The van der Waals surface area contributed by atoms with Gasteiger partial charge >= 0.3 is 0 Å². The van der Waals surface area contributed by atoms with Crippen molar-refractivity contribution in [1.29, 1.82) is 0 Å². The van der Waals surface area contributed by atoms with Gasteiger partial charge in [0.2, 0.25) is 0 Å². The van der Waals surface area contributed by atoms with Gasteiger partial charge in [-0.05, 0) is 37.1 Å². The van der Waals surface area contributed by atoms with Crippen molar-refractivity contribution in [2.75, 3.05) is 20.3 Å². The van der Waals surface area contributed by atoms with E-state index in [2.05, 4.69) is 14.3 Å². The van der Waals surface area contributed by atoms with Gasteiger partial charge in [-0.3, -0.25) is 0 Å². The maximum absolute atomic E-state index is 15.1. The van der Waals surface area contributed by atoms with Crippen LogP contribution < -0.4 is 4.74 Å². The average molecular weight is 552 g/mol. The van der Waals surface area contributed by atoms with Gasteiger partial charge in [-0.15, -0.1) is 0 Å². The molecular formula is C29H30FN3O5S. The van der Waals surface area contributed by atoms with Crippen LogP contribution in [-0.4, -0.2) is 69.2 Å². The molecule has 204 valence electrons. The maximum Gasteiger partial charge on any atom is 0.193 e. The summed E-state index contributed by atoms with van der Waals surface area (Å²) in [6.07, 6.45) is -1.77. The standard InChI is InChI=1S/C29H30FN3O5S/c1-16(2)39(35,31-3)20-10-8-18(9-11-20)17-4-6-19(7-5-17)27-21(30)12-22-23(33-27)13-26(32-22)38-25-15-37-28-24(34)14-36-29(25)28/h4-13,16,24-25,28-29,32,34H,14-15H2,1-3H3/t24-,25-,28-,29-,39?/m1/s1. The van der Waals surface area contributed by atoms with Crippen LogP contribution in [0.3, 0.4) is 0 Å². The molecule has 0 amide bonds. The smallest absolute Gasteiger partial charge is 0.193 e. The second-order valence-corrected chi connectivity index (χ2v) is 13.0. The average Bonchev–Trinajstić information content (AvgIpc) is 3.64. The molecule has 0 bridgehead atoms. The fourth-order valence-corrected chi connectivity index (χ4v) is 6.93. The molecule has 2 N–H and O–H groups in total. The number of halogens is 1. The monoisotopic (exact) mass is 551 g/mol. The minimum Gasteiger partial charge on any atom is -0.470 e. The quantitative estimate of drug-likeness (QED) is 0.356. The predicted octanol–water partition coefficient (Wildman–Crippen LogP) is 4.81. The minimum absolute atomic E-state index is 0.0885. The topological polar surface area (TPSA) is 106 Å². The number of nitrogens with zero attached hydrogens (tertiary/aromatic N) is 2. The molecule has 2 saturated heterocycles. The Kier molecular flexibility index (Phi) is 6.66. The summed E-state index contributed by atoms with van der Waals surface area (Å²) < 4.78 is 49.6. The van der Waals surface area contributed by atoms with Crippen molar-refractivity contribution in [2.45, 2.75) is 48.4 Å². The first kappa shape index (κ1) is 25.9. The second kappa shape index (κ2) is 10.0. The Balaban J connectivity index is 1.22. The largest absolute Gasteiger partial charge is 0.470 e. The number of hydrogen-bond donors (Lipinski definition) is 2. The lowest BCUT2D eigenvalue weighted by atomic mass is 10.0. The number of aromatic nitrogens is 2. The molecule has 2 aromatic carbocycles. The summed E-state index contributed by atoms with van der Waals surface area (Å²) in [7, 11) is -0.863. The normalized spacial score (nSPS) is 24.2. The van der Waals surface area contributed by atoms with Gasteiger partial charge in [0.15, 0.2) is 17.8 Å². The Morgan fingerprint density at radius 3 is 2.33 bits per heavy atom. The highest BCUT2D eigenvalue weighted by atomic mass is 32.2. The number of aliphatic hydroxyl groups is 1. The third-order valence-corrected chi connectivity index (χ3v) is 10.2. The number of nitrogens with one attached hydrogen (secondary N) is 1. The zero-order chi connectivity index (χ0) is 27.3. The molecule has 0 radical (unpaired) electrons. The highest BCUT2D eigenvalue weighted by Crippen LogP contribution is 2.33. The SMILES string of the molecule is CN=S(=O)(c1ccc(-c2ccc(-c3nc4cc(O[C@@H]5CO[C@H]6[C@@H]5OC[C@H]6O)[nH]c4cc3F)cc2)cc1)C(C)C. The van der Waals surface area contributed by atoms with E-state index >= 15 is 4.39 Å². The fraction of sp³-hybridized carbons (Fsp3) is 0.345. The molecule has 10 heteroatoms. The van der Waals surface area contributed by atoms with Gasteiger partial charge in [0.05, 0.1) is 34.0 Å². The number of ether oxygens (including phenoxy) is 3. The summed E-state index contributed by atoms with van der Waals surface area (Å²) in [6.45, 7) is 4.33. The molecule has 2 aliphatic heterocycles. The molecule has 2 fully saturated rings. The Morgan fingerprint density at radius 2 is 1.67 bits per heavy atom. The van der Waals surface area contributed by atoms with E-state index in [0.717, 1.165) is 11.1 Å².